The van der Waals surface area contributed by atoms with E-state index < -0.39 is 20.0 Å². The van der Waals surface area contributed by atoms with Crippen molar-refractivity contribution in [3.63, 3.8) is 0 Å². The number of rotatable bonds is 8. The number of nitrogens with one attached hydrogen (secondary N) is 2. The predicted molar refractivity (Wildman–Crippen MR) is 99.6 cm³/mol. The Hall–Kier alpha value is -1.61. The van der Waals surface area contributed by atoms with Crippen LogP contribution in [0.3, 0.4) is 0 Å². The molecule has 0 unspecified atom stereocenters. The molecule has 0 aliphatic carbocycles. The molecule has 0 aliphatic heterocycles. The summed E-state index contributed by atoms with van der Waals surface area (Å²) in [5.74, 6) is -0.206. The van der Waals surface area contributed by atoms with Crippen LogP contribution in [0.4, 0.5) is 5.69 Å². The Labute approximate surface area is 153 Å². The van der Waals surface area contributed by atoms with Crippen molar-refractivity contribution in [1.82, 2.24) is 4.72 Å². The van der Waals surface area contributed by atoms with E-state index in [4.69, 9.17) is 11.6 Å². The molecular weight excluding hydrogens is 384 g/mol. The van der Waals surface area contributed by atoms with Crippen molar-refractivity contribution in [3.05, 3.63) is 59.1 Å². The van der Waals surface area contributed by atoms with E-state index in [1.165, 1.54) is 24.3 Å². The molecule has 0 amide bonds. The van der Waals surface area contributed by atoms with E-state index in [1.807, 2.05) is 6.92 Å². The van der Waals surface area contributed by atoms with Crippen LogP contribution in [0.1, 0.15) is 18.9 Å². The Morgan fingerprint density at radius 1 is 0.920 bits per heavy atom. The summed E-state index contributed by atoms with van der Waals surface area (Å²) in [5, 5.41) is 0.530. The minimum atomic E-state index is -3.62. The van der Waals surface area contributed by atoms with Gasteiger partial charge in [0.2, 0.25) is 20.0 Å². The first-order valence-corrected chi connectivity index (χ1v) is 11.1. The van der Waals surface area contributed by atoms with E-state index in [1.54, 1.807) is 24.3 Å². The van der Waals surface area contributed by atoms with Crippen LogP contribution in [0.5, 0.6) is 0 Å². The van der Waals surface area contributed by atoms with Gasteiger partial charge in [0.15, 0.2) is 0 Å². The standard InChI is InChI=1S/C16H19ClN2O4S2/c1-2-11-18-25(22,23)16-9-7-15(8-10-16)19-24(20,21)12-13-3-5-14(17)6-4-13/h3-10,18-19H,2,11-12H2,1H3. The fourth-order valence-corrected chi connectivity index (χ4v) is 4.50. The zero-order valence-electron chi connectivity index (χ0n) is 13.6. The van der Waals surface area contributed by atoms with Gasteiger partial charge < -0.3 is 0 Å². The minimum absolute atomic E-state index is 0.0848. The zero-order valence-corrected chi connectivity index (χ0v) is 16.0. The van der Waals surface area contributed by atoms with E-state index in [-0.39, 0.29) is 10.6 Å². The molecule has 2 rings (SSSR count). The predicted octanol–water partition coefficient (Wildman–Crippen LogP) is 2.97. The molecule has 0 heterocycles. The molecule has 0 saturated carbocycles. The third-order valence-electron chi connectivity index (χ3n) is 3.25. The Balaban J connectivity index is 2.08. The van der Waals surface area contributed by atoms with Gasteiger partial charge >= 0.3 is 0 Å². The van der Waals surface area contributed by atoms with Gasteiger partial charge in [-0.1, -0.05) is 30.7 Å². The highest BCUT2D eigenvalue weighted by Crippen LogP contribution is 2.17. The summed E-state index contributed by atoms with van der Waals surface area (Å²) >= 11 is 5.78. The summed E-state index contributed by atoms with van der Waals surface area (Å²) < 4.78 is 53.3. The second-order valence-corrected chi connectivity index (χ2v) is 9.34. The van der Waals surface area contributed by atoms with Crippen molar-refractivity contribution in [1.29, 1.82) is 0 Å². The summed E-state index contributed by atoms with van der Waals surface area (Å²) in [6.07, 6.45) is 0.682. The van der Waals surface area contributed by atoms with Crippen LogP contribution < -0.4 is 9.44 Å². The van der Waals surface area contributed by atoms with Crippen molar-refractivity contribution in [2.75, 3.05) is 11.3 Å². The number of anilines is 1. The minimum Gasteiger partial charge on any atom is -0.283 e. The summed E-state index contributed by atoms with van der Waals surface area (Å²) in [6.45, 7) is 2.21. The average molecular weight is 403 g/mol. The Morgan fingerprint density at radius 2 is 1.52 bits per heavy atom. The Morgan fingerprint density at radius 3 is 2.08 bits per heavy atom. The molecule has 6 nitrogen and oxygen atoms in total. The van der Waals surface area contributed by atoms with Gasteiger partial charge in [-0.05, 0) is 48.4 Å². The van der Waals surface area contributed by atoms with E-state index in [0.29, 0.717) is 29.2 Å². The molecule has 0 bridgehead atoms. The first-order valence-electron chi connectivity index (χ1n) is 7.56. The molecule has 25 heavy (non-hydrogen) atoms. The lowest BCUT2D eigenvalue weighted by atomic mass is 10.2. The quantitative estimate of drug-likeness (QED) is 0.709. The Bertz CT molecular complexity index is 910. The highest BCUT2D eigenvalue weighted by Gasteiger charge is 2.15. The van der Waals surface area contributed by atoms with E-state index in [0.717, 1.165) is 0 Å². The lowest BCUT2D eigenvalue weighted by Crippen LogP contribution is -2.24. The van der Waals surface area contributed by atoms with Gasteiger partial charge in [0.05, 0.1) is 10.6 Å². The van der Waals surface area contributed by atoms with Crippen molar-refractivity contribution >= 4 is 37.3 Å². The van der Waals surface area contributed by atoms with E-state index in [2.05, 4.69) is 9.44 Å². The normalized spacial score (nSPS) is 12.1. The SMILES string of the molecule is CCCNS(=O)(=O)c1ccc(NS(=O)(=O)Cc2ccc(Cl)cc2)cc1. The second kappa shape index (κ2) is 8.18. The number of halogens is 1. The summed E-state index contributed by atoms with van der Waals surface area (Å²) in [7, 11) is -7.20. The number of benzene rings is 2. The molecule has 0 atom stereocenters. The Kier molecular flexibility index (Phi) is 6.45. The van der Waals surface area contributed by atoms with Gasteiger partial charge in [-0.25, -0.2) is 21.6 Å². The summed E-state index contributed by atoms with van der Waals surface area (Å²) in [4.78, 5) is 0.0848. The van der Waals surface area contributed by atoms with Crippen molar-refractivity contribution in [3.8, 4) is 0 Å². The van der Waals surface area contributed by atoms with Gasteiger partial charge in [-0.15, -0.1) is 0 Å². The molecule has 0 saturated heterocycles. The molecule has 9 heteroatoms. The highest BCUT2D eigenvalue weighted by molar-refractivity contribution is 7.92. The molecule has 136 valence electrons. The smallest absolute Gasteiger partial charge is 0.240 e. The molecule has 0 radical (unpaired) electrons. The first kappa shape index (κ1) is 19.7. The maximum atomic E-state index is 12.2. The van der Waals surface area contributed by atoms with Crippen LogP contribution in [0.2, 0.25) is 5.02 Å². The molecule has 0 aliphatic rings. The van der Waals surface area contributed by atoms with Crippen LogP contribution in [0, 0.1) is 0 Å². The maximum Gasteiger partial charge on any atom is 0.240 e. The highest BCUT2D eigenvalue weighted by atomic mass is 35.5. The average Bonchev–Trinajstić information content (AvgIpc) is 2.55. The van der Waals surface area contributed by atoms with Crippen LogP contribution >= 0.6 is 11.6 Å². The second-order valence-electron chi connectivity index (χ2n) is 5.41. The third-order valence-corrected chi connectivity index (χ3v) is 6.24. The molecule has 2 aromatic rings. The first-order chi connectivity index (χ1) is 11.7. The molecular formula is C16H19ClN2O4S2. The third kappa shape index (κ3) is 6.00. The molecule has 2 N–H and O–H groups in total. The van der Waals surface area contributed by atoms with Crippen LogP contribution in [0.25, 0.3) is 0 Å². The lowest BCUT2D eigenvalue weighted by molar-refractivity contribution is 0.581. The lowest BCUT2D eigenvalue weighted by Gasteiger charge is -2.10. The van der Waals surface area contributed by atoms with Crippen molar-refractivity contribution in [2.24, 2.45) is 0 Å². The monoisotopic (exact) mass is 402 g/mol. The fraction of sp³-hybridized carbons (Fsp3) is 0.250. The van der Waals surface area contributed by atoms with Gasteiger partial charge in [0.1, 0.15) is 0 Å². The van der Waals surface area contributed by atoms with Crippen molar-refractivity contribution in [2.45, 2.75) is 24.0 Å². The van der Waals surface area contributed by atoms with Gasteiger partial charge in [-0.2, -0.15) is 0 Å². The summed E-state index contributed by atoms with van der Waals surface area (Å²) in [6, 6.07) is 12.1. The summed E-state index contributed by atoms with van der Waals surface area (Å²) in [5.41, 5.74) is 0.892. The largest absolute Gasteiger partial charge is 0.283 e. The van der Waals surface area contributed by atoms with Gasteiger partial charge in [0.25, 0.3) is 0 Å². The van der Waals surface area contributed by atoms with Crippen LogP contribution in [-0.4, -0.2) is 23.4 Å². The van der Waals surface area contributed by atoms with Crippen LogP contribution in [-0.2, 0) is 25.8 Å². The number of hydrogen-bond acceptors (Lipinski definition) is 4. The molecule has 0 spiro atoms. The maximum absolute atomic E-state index is 12.2. The fourth-order valence-electron chi connectivity index (χ4n) is 2.04. The van der Waals surface area contributed by atoms with Gasteiger partial charge in [-0.3, -0.25) is 4.72 Å². The molecule has 0 fully saturated rings. The number of hydrogen-bond donors (Lipinski definition) is 2. The topological polar surface area (TPSA) is 92.3 Å². The van der Waals surface area contributed by atoms with E-state index in [9.17, 15) is 16.8 Å². The zero-order chi connectivity index (χ0) is 18.5. The van der Waals surface area contributed by atoms with Gasteiger partial charge in [0, 0.05) is 17.3 Å². The van der Waals surface area contributed by atoms with Crippen molar-refractivity contribution < 1.29 is 16.8 Å². The van der Waals surface area contributed by atoms with E-state index >= 15 is 0 Å². The van der Waals surface area contributed by atoms with Crippen LogP contribution in [0.15, 0.2) is 53.4 Å². The number of sulfonamides is 2. The molecule has 2 aromatic carbocycles. The molecule has 0 aromatic heterocycles.